The summed E-state index contributed by atoms with van der Waals surface area (Å²) in [6, 6.07) is 0. The van der Waals surface area contributed by atoms with Crippen LogP contribution in [0, 0.1) is 23.2 Å². The summed E-state index contributed by atoms with van der Waals surface area (Å²) in [5.41, 5.74) is 8.41. The first kappa shape index (κ1) is 13.8. The molecule has 4 saturated carbocycles. The van der Waals surface area contributed by atoms with Crippen molar-refractivity contribution >= 4 is 17.0 Å². The zero-order valence-electron chi connectivity index (χ0n) is 14.0. The number of nitrogens with two attached hydrogens (primary N) is 1. The Morgan fingerprint density at radius 3 is 2.57 bits per heavy atom. The van der Waals surface area contributed by atoms with Gasteiger partial charge in [0.2, 0.25) is 0 Å². The molecule has 122 valence electrons. The van der Waals surface area contributed by atoms with Gasteiger partial charge in [-0.25, -0.2) is 15.0 Å². The minimum absolute atomic E-state index is 0.198. The van der Waals surface area contributed by atoms with Crippen molar-refractivity contribution in [1.82, 2.24) is 19.5 Å². The summed E-state index contributed by atoms with van der Waals surface area (Å²) in [5.74, 6) is 2.99. The van der Waals surface area contributed by atoms with Crippen LogP contribution < -0.4 is 5.73 Å². The Labute approximate surface area is 136 Å². The molecule has 4 bridgehead atoms. The molecule has 0 saturated heterocycles. The van der Waals surface area contributed by atoms with Gasteiger partial charge in [-0.2, -0.15) is 0 Å². The quantitative estimate of drug-likeness (QED) is 0.923. The first-order chi connectivity index (χ1) is 11.0. The highest BCUT2D eigenvalue weighted by Gasteiger charge is 2.59. The van der Waals surface area contributed by atoms with Gasteiger partial charge in [0.15, 0.2) is 11.5 Å². The average Bonchev–Trinajstić information content (AvgIpc) is 2.92. The van der Waals surface area contributed by atoms with Crippen molar-refractivity contribution in [2.75, 3.05) is 5.73 Å². The molecule has 2 heterocycles. The van der Waals surface area contributed by atoms with Crippen molar-refractivity contribution in [3.8, 4) is 0 Å². The normalized spacial score (nSPS) is 38.7. The monoisotopic (exact) mass is 311 g/mol. The molecular formula is C18H25N5. The smallest absolute Gasteiger partial charge is 0.165 e. The number of hydrogen-bond donors (Lipinski definition) is 1. The van der Waals surface area contributed by atoms with Crippen LogP contribution in [-0.2, 0) is 5.54 Å². The van der Waals surface area contributed by atoms with Gasteiger partial charge in [-0.3, -0.25) is 0 Å². The van der Waals surface area contributed by atoms with E-state index >= 15 is 0 Å². The third-order valence-corrected chi connectivity index (χ3v) is 7.17. The van der Waals surface area contributed by atoms with Crippen molar-refractivity contribution in [2.24, 2.45) is 23.2 Å². The first-order valence-electron chi connectivity index (χ1n) is 8.95. The van der Waals surface area contributed by atoms with Crippen molar-refractivity contribution in [3.05, 3.63) is 12.7 Å². The third kappa shape index (κ3) is 1.71. The number of nitrogens with zero attached hydrogens (tertiary/aromatic N) is 4. The fraction of sp³-hybridized carbons (Fsp3) is 0.722. The zero-order chi connectivity index (χ0) is 15.8. The molecule has 5 nitrogen and oxygen atoms in total. The standard InChI is InChI=1S/C18H25N5/c1-11(2)17-4-12-3-13(5-17)7-18(6-12,8-17)23-10-22-14-15(19)20-9-21-16(14)23/h9-13H,3-8H2,1-2H3,(H2,19,20,21). The molecule has 0 aromatic carbocycles. The number of imidazole rings is 1. The van der Waals surface area contributed by atoms with Gasteiger partial charge in [-0.05, 0) is 61.7 Å². The molecule has 5 heteroatoms. The molecule has 2 unspecified atom stereocenters. The lowest BCUT2D eigenvalue weighted by Gasteiger charge is -2.64. The molecule has 2 aromatic rings. The van der Waals surface area contributed by atoms with E-state index in [0.29, 0.717) is 11.2 Å². The van der Waals surface area contributed by atoms with Gasteiger partial charge in [0.05, 0.1) is 6.33 Å². The highest BCUT2D eigenvalue weighted by molar-refractivity contribution is 5.81. The highest BCUT2D eigenvalue weighted by Crippen LogP contribution is 2.66. The molecule has 2 atom stereocenters. The molecule has 2 N–H and O–H groups in total. The van der Waals surface area contributed by atoms with E-state index in [-0.39, 0.29) is 5.54 Å². The molecule has 4 fully saturated rings. The predicted molar refractivity (Wildman–Crippen MR) is 89.7 cm³/mol. The van der Waals surface area contributed by atoms with Crippen LogP contribution in [0.2, 0.25) is 0 Å². The van der Waals surface area contributed by atoms with E-state index in [1.165, 1.54) is 38.5 Å². The molecule has 4 aliphatic rings. The minimum atomic E-state index is 0.198. The lowest BCUT2D eigenvalue weighted by molar-refractivity contribution is -0.121. The Balaban J connectivity index is 1.68. The molecule has 0 radical (unpaired) electrons. The van der Waals surface area contributed by atoms with Crippen molar-refractivity contribution in [2.45, 2.75) is 57.9 Å². The Bertz CT molecular complexity index is 763. The second-order valence-corrected chi connectivity index (χ2v) is 8.75. The molecule has 6 rings (SSSR count). The van der Waals surface area contributed by atoms with Crippen LogP contribution in [0.5, 0.6) is 0 Å². The topological polar surface area (TPSA) is 69.6 Å². The molecule has 2 aromatic heterocycles. The van der Waals surface area contributed by atoms with Gasteiger partial charge in [-0.15, -0.1) is 0 Å². The van der Waals surface area contributed by atoms with E-state index in [4.69, 9.17) is 5.73 Å². The Morgan fingerprint density at radius 2 is 1.87 bits per heavy atom. The minimum Gasteiger partial charge on any atom is -0.382 e. The summed E-state index contributed by atoms with van der Waals surface area (Å²) in [5, 5.41) is 0. The largest absolute Gasteiger partial charge is 0.382 e. The van der Waals surface area contributed by atoms with Gasteiger partial charge in [0.25, 0.3) is 0 Å². The van der Waals surface area contributed by atoms with Gasteiger partial charge >= 0.3 is 0 Å². The number of aromatic nitrogens is 4. The number of nitrogen functional groups attached to an aromatic ring is 1. The molecule has 0 aliphatic heterocycles. The molecule has 0 amide bonds. The summed E-state index contributed by atoms with van der Waals surface area (Å²) in [6.07, 6.45) is 11.7. The SMILES string of the molecule is CC(C)C12CC3CC(C1)CC(n1cnc4c(N)ncnc41)(C3)C2. The van der Waals surface area contributed by atoms with Gasteiger partial charge in [0, 0.05) is 5.54 Å². The van der Waals surface area contributed by atoms with Crippen LogP contribution in [0.3, 0.4) is 0 Å². The van der Waals surface area contributed by atoms with Crippen LogP contribution >= 0.6 is 0 Å². The third-order valence-electron chi connectivity index (χ3n) is 7.17. The van der Waals surface area contributed by atoms with Gasteiger partial charge in [0.1, 0.15) is 11.8 Å². The average molecular weight is 311 g/mol. The Hall–Kier alpha value is -1.65. The lowest BCUT2D eigenvalue weighted by atomic mass is 9.44. The zero-order valence-corrected chi connectivity index (χ0v) is 14.0. The van der Waals surface area contributed by atoms with E-state index in [0.717, 1.165) is 28.9 Å². The van der Waals surface area contributed by atoms with Gasteiger partial charge in [-0.1, -0.05) is 13.8 Å². The van der Waals surface area contributed by atoms with Crippen molar-refractivity contribution in [3.63, 3.8) is 0 Å². The molecule has 23 heavy (non-hydrogen) atoms. The fourth-order valence-electron chi connectivity index (χ4n) is 6.44. The predicted octanol–water partition coefficient (Wildman–Crippen LogP) is 3.36. The van der Waals surface area contributed by atoms with Crippen molar-refractivity contribution < 1.29 is 0 Å². The highest BCUT2D eigenvalue weighted by atomic mass is 15.2. The molecular weight excluding hydrogens is 286 g/mol. The maximum absolute atomic E-state index is 6.01. The van der Waals surface area contributed by atoms with Crippen LogP contribution in [0.15, 0.2) is 12.7 Å². The summed E-state index contributed by atoms with van der Waals surface area (Å²) >= 11 is 0. The summed E-state index contributed by atoms with van der Waals surface area (Å²) in [6.45, 7) is 4.85. The number of rotatable bonds is 2. The first-order valence-corrected chi connectivity index (χ1v) is 8.95. The number of fused-ring (bicyclic) bond motifs is 1. The van der Waals surface area contributed by atoms with Crippen molar-refractivity contribution in [1.29, 1.82) is 0 Å². The summed E-state index contributed by atoms with van der Waals surface area (Å²) < 4.78 is 2.37. The molecule has 4 aliphatic carbocycles. The van der Waals surface area contributed by atoms with E-state index in [1.54, 1.807) is 6.33 Å². The summed E-state index contributed by atoms with van der Waals surface area (Å²) in [4.78, 5) is 13.2. The maximum atomic E-state index is 6.01. The Kier molecular flexibility index (Phi) is 2.54. The fourth-order valence-corrected chi connectivity index (χ4v) is 6.44. The molecule has 0 spiro atoms. The van der Waals surface area contributed by atoms with E-state index in [2.05, 4.69) is 33.4 Å². The van der Waals surface area contributed by atoms with Crippen LogP contribution in [-0.4, -0.2) is 19.5 Å². The maximum Gasteiger partial charge on any atom is 0.165 e. The van der Waals surface area contributed by atoms with E-state index in [1.807, 2.05) is 6.33 Å². The Morgan fingerprint density at radius 1 is 1.13 bits per heavy atom. The van der Waals surface area contributed by atoms with Gasteiger partial charge < -0.3 is 10.3 Å². The summed E-state index contributed by atoms with van der Waals surface area (Å²) in [7, 11) is 0. The second-order valence-electron chi connectivity index (χ2n) is 8.75. The number of anilines is 1. The van der Waals surface area contributed by atoms with E-state index in [9.17, 15) is 0 Å². The second kappa shape index (κ2) is 4.25. The van der Waals surface area contributed by atoms with Crippen LogP contribution in [0.25, 0.3) is 11.2 Å². The lowest BCUT2D eigenvalue weighted by Crippen LogP contribution is -2.57. The van der Waals surface area contributed by atoms with E-state index < -0.39 is 0 Å². The van der Waals surface area contributed by atoms with Crippen LogP contribution in [0.4, 0.5) is 5.82 Å². The van der Waals surface area contributed by atoms with Crippen LogP contribution in [0.1, 0.15) is 52.4 Å². The number of hydrogen-bond acceptors (Lipinski definition) is 4.